The van der Waals surface area contributed by atoms with Gasteiger partial charge < -0.3 is 5.32 Å². The lowest BCUT2D eigenvalue weighted by atomic mass is 10.1. The van der Waals surface area contributed by atoms with Crippen LogP contribution < -0.4 is 9.62 Å². The van der Waals surface area contributed by atoms with E-state index >= 15 is 0 Å². The van der Waals surface area contributed by atoms with Crippen LogP contribution in [0.4, 0.5) is 5.69 Å². The summed E-state index contributed by atoms with van der Waals surface area (Å²) in [5.74, 6) is -0.261. The Balaban J connectivity index is 1.87. The summed E-state index contributed by atoms with van der Waals surface area (Å²) in [4.78, 5) is 12.7. The standard InChI is InChI=1S/C18H20N2O3S/c1-20(24(2,22)23)17-10-6-5-9-15(17)18(21)19-16-12-11-13-7-3-4-8-14(13)16/h3-10,16H,11-12H2,1-2H3,(H,19,21). The fourth-order valence-electron chi connectivity index (χ4n) is 3.06. The minimum absolute atomic E-state index is 0.0368. The second-order valence-electron chi connectivity index (χ2n) is 6.01. The van der Waals surface area contributed by atoms with E-state index in [0.29, 0.717) is 11.3 Å². The maximum absolute atomic E-state index is 12.7. The van der Waals surface area contributed by atoms with Gasteiger partial charge in [-0.1, -0.05) is 36.4 Å². The van der Waals surface area contributed by atoms with Gasteiger partial charge in [0.15, 0.2) is 0 Å². The zero-order valence-corrected chi connectivity index (χ0v) is 14.5. The first-order valence-electron chi connectivity index (χ1n) is 7.79. The molecule has 0 spiro atoms. The Labute approximate surface area is 142 Å². The first kappa shape index (κ1) is 16.5. The van der Waals surface area contributed by atoms with Gasteiger partial charge in [0.2, 0.25) is 10.0 Å². The molecule has 1 N–H and O–H groups in total. The molecule has 2 aromatic rings. The van der Waals surface area contributed by atoms with Crippen molar-refractivity contribution in [1.29, 1.82) is 0 Å². The zero-order valence-electron chi connectivity index (χ0n) is 13.7. The average Bonchev–Trinajstić information content (AvgIpc) is 2.96. The van der Waals surface area contributed by atoms with Crippen LogP contribution in [0, 0.1) is 0 Å². The van der Waals surface area contributed by atoms with Gasteiger partial charge in [0.1, 0.15) is 0 Å². The van der Waals surface area contributed by atoms with Crippen LogP contribution >= 0.6 is 0 Å². The van der Waals surface area contributed by atoms with Crippen LogP contribution in [0.5, 0.6) is 0 Å². The summed E-state index contributed by atoms with van der Waals surface area (Å²) in [7, 11) is -1.98. The number of nitrogens with one attached hydrogen (secondary N) is 1. The summed E-state index contributed by atoms with van der Waals surface area (Å²) in [5, 5.41) is 3.04. The van der Waals surface area contributed by atoms with E-state index < -0.39 is 10.0 Å². The van der Waals surface area contributed by atoms with Gasteiger partial charge >= 0.3 is 0 Å². The van der Waals surface area contributed by atoms with E-state index in [1.165, 1.54) is 12.6 Å². The van der Waals surface area contributed by atoms with Crippen LogP contribution in [0.2, 0.25) is 0 Å². The Hall–Kier alpha value is -2.34. The number of nitrogens with zero attached hydrogens (tertiary/aromatic N) is 1. The molecule has 0 saturated carbocycles. The quantitative estimate of drug-likeness (QED) is 0.927. The van der Waals surface area contributed by atoms with Crippen LogP contribution in [-0.2, 0) is 16.4 Å². The van der Waals surface area contributed by atoms with E-state index in [0.717, 1.165) is 29.0 Å². The summed E-state index contributed by atoms with van der Waals surface area (Å²) in [6.45, 7) is 0. The summed E-state index contributed by atoms with van der Waals surface area (Å²) in [6, 6.07) is 14.8. The number of rotatable bonds is 4. The Morgan fingerprint density at radius 3 is 2.54 bits per heavy atom. The van der Waals surface area contributed by atoms with E-state index in [4.69, 9.17) is 0 Å². The van der Waals surface area contributed by atoms with Crippen molar-refractivity contribution in [3.8, 4) is 0 Å². The van der Waals surface area contributed by atoms with Crippen LogP contribution in [0.25, 0.3) is 0 Å². The molecule has 0 radical (unpaired) electrons. The highest BCUT2D eigenvalue weighted by molar-refractivity contribution is 7.92. The SMILES string of the molecule is CN(c1ccccc1C(=O)NC1CCc2ccccc21)S(C)(=O)=O. The molecular weight excluding hydrogens is 324 g/mol. The molecule has 126 valence electrons. The van der Waals surface area contributed by atoms with Crippen molar-refractivity contribution in [2.45, 2.75) is 18.9 Å². The van der Waals surface area contributed by atoms with Crippen molar-refractivity contribution in [3.05, 3.63) is 65.2 Å². The van der Waals surface area contributed by atoms with Crippen molar-refractivity contribution in [3.63, 3.8) is 0 Å². The number of carbonyl (C=O) groups excluding carboxylic acids is 1. The van der Waals surface area contributed by atoms with E-state index in [9.17, 15) is 13.2 Å². The van der Waals surface area contributed by atoms with Crippen LogP contribution in [0.1, 0.15) is 33.9 Å². The smallest absolute Gasteiger partial charge is 0.253 e. The number of para-hydroxylation sites is 1. The maximum Gasteiger partial charge on any atom is 0.253 e. The van der Waals surface area contributed by atoms with Gasteiger partial charge in [0.05, 0.1) is 23.5 Å². The molecular formula is C18H20N2O3S. The molecule has 0 heterocycles. The van der Waals surface area contributed by atoms with E-state index in [1.807, 2.05) is 18.2 Å². The molecule has 6 heteroatoms. The lowest BCUT2D eigenvalue weighted by molar-refractivity contribution is 0.0937. The average molecular weight is 344 g/mol. The molecule has 1 aliphatic carbocycles. The van der Waals surface area contributed by atoms with Gasteiger partial charge in [0, 0.05) is 7.05 Å². The predicted molar refractivity (Wildman–Crippen MR) is 94.7 cm³/mol. The van der Waals surface area contributed by atoms with Gasteiger partial charge in [-0.15, -0.1) is 0 Å². The predicted octanol–water partition coefficient (Wildman–Crippen LogP) is 2.50. The van der Waals surface area contributed by atoms with Gasteiger partial charge in [-0.05, 0) is 36.1 Å². The molecule has 0 fully saturated rings. The molecule has 3 rings (SSSR count). The third-order valence-corrected chi connectivity index (χ3v) is 5.62. The van der Waals surface area contributed by atoms with E-state index in [-0.39, 0.29) is 11.9 Å². The van der Waals surface area contributed by atoms with Gasteiger partial charge in [0.25, 0.3) is 5.91 Å². The molecule has 1 unspecified atom stereocenters. The lowest BCUT2D eigenvalue weighted by Gasteiger charge is -2.21. The van der Waals surface area contributed by atoms with Crippen molar-refractivity contribution in [2.75, 3.05) is 17.6 Å². The molecule has 24 heavy (non-hydrogen) atoms. The van der Waals surface area contributed by atoms with E-state index in [2.05, 4.69) is 11.4 Å². The Kier molecular flexibility index (Phi) is 4.32. The molecule has 0 aromatic heterocycles. The van der Waals surface area contributed by atoms with Gasteiger partial charge in [-0.2, -0.15) is 0 Å². The fourth-order valence-corrected chi connectivity index (χ4v) is 3.58. The first-order chi connectivity index (χ1) is 11.4. The second kappa shape index (κ2) is 6.28. The highest BCUT2D eigenvalue weighted by atomic mass is 32.2. The molecule has 5 nitrogen and oxygen atoms in total. The second-order valence-corrected chi connectivity index (χ2v) is 8.02. The number of aryl methyl sites for hydroxylation is 1. The summed E-state index contributed by atoms with van der Waals surface area (Å²) < 4.78 is 24.7. The topological polar surface area (TPSA) is 66.5 Å². The van der Waals surface area contributed by atoms with Gasteiger partial charge in [-0.25, -0.2) is 8.42 Å². The number of sulfonamides is 1. The van der Waals surface area contributed by atoms with E-state index in [1.54, 1.807) is 24.3 Å². The zero-order chi connectivity index (χ0) is 17.3. The number of hydrogen-bond donors (Lipinski definition) is 1. The highest BCUT2D eigenvalue weighted by Gasteiger charge is 2.26. The largest absolute Gasteiger partial charge is 0.345 e. The van der Waals surface area contributed by atoms with Crippen LogP contribution in [0.3, 0.4) is 0 Å². The molecule has 2 aromatic carbocycles. The highest BCUT2D eigenvalue weighted by Crippen LogP contribution is 2.31. The van der Waals surface area contributed by atoms with Gasteiger partial charge in [-0.3, -0.25) is 9.10 Å². The summed E-state index contributed by atoms with van der Waals surface area (Å²) in [5.41, 5.74) is 3.13. The molecule has 0 saturated heterocycles. The number of fused-ring (bicyclic) bond motifs is 1. The number of benzene rings is 2. The normalized spacial score (nSPS) is 16.5. The monoisotopic (exact) mass is 344 g/mol. The number of hydrogen-bond acceptors (Lipinski definition) is 3. The number of carbonyl (C=O) groups is 1. The molecule has 0 aliphatic heterocycles. The van der Waals surface area contributed by atoms with Crippen molar-refractivity contribution >= 4 is 21.6 Å². The minimum atomic E-state index is -3.43. The molecule has 1 amide bonds. The van der Waals surface area contributed by atoms with Crippen molar-refractivity contribution in [1.82, 2.24) is 5.32 Å². The molecule has 0 bridgehead atoms. The molecule has 1 atom stereocenters. The Bertz CT molecular complexity index is 877. The minimum Gasteiger partial charge on any atom is -0.345 e. The third-order valence-electron chi connectivity index (χ3n) is 4.42. The van der Waals surface area contributed by atoms with Crippen molar-refractivity contribution in [2.24, 2.45) is 0 Å². The fraction of sp³-hybridized carbons (Fsp3) is 0.278. The summed E-state index contributed by atoms with van der Waals surface area (Å²) in [6.07, 6.45) is 2.91. The Morgan fingerprint density at radius 1 is 1.12 bits per heavy atom. The number of amides is 1. The number of anilines is 1. The molecule has 1 aliphatic rings. The third kappa shape index (κ3) is 3.14. The van der Waals surface area contributed by atoms with Crippen LogP contribution in [0.15, 0.2) is 48.5 Å². The first-order valence-corrected chi connectivity index (χ1v) is 9.64. The maximum atomic E-state index is 12.7. The Morgan fingerprint density at radius 2 is 1.79 bits per heavy atom. The summed E-state index contributed by atoms with van der Waals surface area (Å²) >= 11 is 0. The lowest BCUT2D eigenvalue weighted by Crippen LogP contribution is -2.31. The van der Waals surface area contributed by atoms with Crippen LogP contribution in [-0.4, -0.2) is 27.6 Å². The van der Waals surface area contributed by atoms with Crippen molar-refractivity contribution < 1.29 is 13.2 Å².